The molecule has 0 saturated carbocycles. The Kier molecular flexibility index (Phi) is 20.2. The average molecular weight is 376 g/mol. The van der Waals surface area contributed by atoms with Gasteiger partial charge in [-0.25, -0.2) is 4.79 Å². The summed E-state index contributed by atoms with van der Waals surface area (Å²) >= 11 is -0.839. The summed E-state index contributed by atoms with van der Waals surface area (Å²) in [6, 6.07) is 0. The zero-order valence-electron chi connectivity index (χ0n) is 13.4. The minimum absolute atomic E-state index is 0.839. The second-order valence-electron chi connectivity index (χ2n) is 4.90. The Balaban J connectivity index is 0. The average Bonchev–Trinajstić information content (AvgIpc) is 2.38. The molecule has 0 aromatic heterocycles. The van der Waals surface area contributed by atoms with Crippen LogP contribution in [0.15, 0.2) is 12.2 Å². The quantitative estimate of drug-likeness (QED) is 0.402. The van der Waals surface area contributed by atoms with Crippen molar-refractivity contribution >= 4 is 25.7 Å². The van der Waals surface area contributed by atoms with Crippen LogP contribution in [0.4, 0.5) is 0 Å². The van der Waals surface area contributed by atoms with Gasteiger partial charge in [0, 0.05) is 6.08 Å². The predicted octanol–water partition coefficient (Wildman–Crippen LogP) is 5.53. The molecule has 0 heterocycles. The van der Waals surface area contributed by atoms with Crippen molar-refractivity contribution in [2.24, 2.45) is 0 Å². The third-order valence-electron chi connectivity index (χ3n) is 2.96. The molecular weight excluding hydrogens is 343 g/mol. The number of hydrogen-bond acceptors (Lipinski definition) is 1. The van der Waals surface area contributed by atoms with Gasteiger partial charge in [-0.2, -0.15) is 0 Å². The molecule has 0 fully saturated rings. The fraction of sp³-hybridized carbons (Fsp3) is 0.812. The van der Waals surface area contributed by atoms with Gasteiger partial charge in [-0.15, -0.1) is 0 Å². The molecule has 0 atom stereocenters. The first kappa shape index (κ1) is 21.3. The molecule has 0 saturated heterocycles. The van der Waals surface area contributed by atoms with Crippen molar-refractivity contribution in [1.82, 2.24) is 0 Å². The normalized spacial score (nSPS) is 10.6. The topological polar surface area (TPSA) is 37.3 Å². The molecular formula is C16H33O2Sn. The van der Waals surface area contributed by atoms with Gasteiger partial charge in [-0.3, -0.25) is 0 Å². The van der Waals surface area contributed by atoms with Crippen molar-refractivity contribution in [3.63, 3.8) is 0 Å². The molecule has 113 valence electrons. The van der Waals surface area contributed by atoms with Crippen LogP contribution in [0.5, 0.6) is 0 Å². The van der Waals surface area contributed by atoms with E-state index in [-0.39, 0.29) is 0 Å². The Hall–Kier alpha value is 0.00870. The molecule has 0 aliphatic rings. The van der Waals surface area contributed by atoms with Gasteiger partial charge in [0.15, 0.2) is 0 Å². The Morgan fingerprint density at radius 1 is 0.947 bits per heavy atom. The second kappa shape index (κ2) is 18.0. The maximum atomic E-state index is 9.51. The first-order chi connectivity index (χ1) is 9.12. The van der Waals surface area contributed by atoms with E-state index in [1.54, 1.807) is 20.2 Å². The van der Waals surface area contributed by atoms with Gasteiger partial charge >= 0.3 is 98.3 Å². The summed E-state index contributed by atoms with van der Waals surface area (Å²) in [6.45, 7) is 8.66. The zero-order valence-corrected chi connectivity index (χ0v) is 16.2. The molecule has 0 bridgehead atoms. The number of allylic oxidation sites excluding steroid dienone is 1. The van der Waals surface area contributed by atoms with Crippen molar-refractivity contribution in [1.29, 1.82) is 0 Å². The van der Waals surface area contributed by atoms with Gasteiger partial charge in [0.1, 0.15) is 0 Å². The van der Waals surface area contributed by atoms with Crippen molar-refractivity contribution in [3.05, 3.63) is 12.2 Å². The SMILES string of the molecule is C/C=C/C(=O)O.CCC[CH2][Sn]([CH2]CCC)[CH2]CCC. The van der Waals surface area contributed by atoms with E-state index in [1.165, 1.54) is 44.6 Å². The molecule has 0 amide bonds. The van der Waals surface area contributed by atoms with Gasteiger partial charge in [-0.1, -0.05) is 6.08 Å². The summed E-state index contributed by atoms with van der Waals surface area (Å²) in [7, 11) is 0. The van der Waals surface area contributed by atoms with Gasteiger partial charge < -0.3 is 5.11 Å². The van der Waals surface area contributed by atoms with E-state index in [0.717, 1.165) is 6.08 Å². The monoisotopic (exact) mass is 377 g/mol. The number of carboxylic acid groups (broad SMARTS) is 1. The Morgan fingerprint density at radius 3 is 1.47 bits per heavy atom. The van der Waals surface area contributed by atoms with Crippen LogP contribution >= 0.6 is 0 Å². The Labute approximate surface area is 127 Å². The Morgan fingerprint density at radius 2 is 1.32 bits per heavy atom. The summed E-state index contributed by atoms with van der Waals surface area (Å²) in [4.78, 5) is 9.51. The standard InChI is InChI=1S/C4H6O2.3C4H9.Sn/c1-2-3-4(5)6;3*1-3-4-2;/h2-3H,1H3,(H,5,6);3*1,3-4H2,2H3;/b3-2+;;;;. The van der Waals surface area contributed by atoms with E-state index in [0.29, 0.717) is 0 Å². The van der Waals surface area contributed by atoms with Crippen molar-refractivity contribution in [2.45, 2.75) is 79.5 Å². The number of carboxylic acids is 1. The fourth-order valence-corrected chi connectivity index (χ4v) is 11.2. The van der Waals surface area contributed by atoms with Gasteiger partial charge in [0.25, 0.3) is 0 Å². The van der Waals surface area contributed by atoms with Crippen molar-refractivity contribution in [3.8, 4) is 0 Å². The molecule has 0 aliphatic heterocycles. The molecule has 0 aliphatic carbocycles. The molecule has 0 unspecified atom stereocenters. The first-order valence-electron chi connectivity index (χ1n) is 7.81. The van der Waals surface area contributed by atoms with Crippen LogP contribution in [-0.4, -0.2) is 30.8 Å². The van der Waals surface area contributed by atoms with Crippen LogP contribution < -0.4 is 0 Å². The van der Waals surface area contributed by atoms with E-state index in [9.17, 15) is 4.79 Å². The number of aliphatic carboxylic acids is 1. The molecule has 0 spiro atoms. The van der Waals surface area contributed by atoms with Gasteiger partial charge in [0.2, 0.25) is 0 Å². The molecule has 0 rings (SSSR count). The summed E-state index contributed by atoms with van der Waals surface area (Å²) in [5.74, 6) is -0.891. The number of carbonyl (C=O) groups is 1. The zero-order chi connectivity index (χ0) is 14.9. The van der Waals surface area contributed by atoms with Crippen molar-refractivity contribution in [2.75, 3.05) is 0 Å². The van der Waals surface area contributed by atoms with E-state index in [2.05, 4.69) is 20.8 Å². The van der Waals surface area contributed by atoms with Crippen LogP contribution in [0.3, 0.4) is 0 Å². The fourth-order valence-electron chi connectivity index (χ4n) is 1.80. The van der Waals surface area contributed by atoms with E-state index in [4.69, 9.17) is 5.11 Å². The first-order valence-corrected chi connectivity index (χ1v) is 13.9. The molecule has 1 N–H and O–H groups in total. The Bertz CT molecular complexity index is 196. The van der Waals surface area contributed by atoms with Crippen molar-refractivity contribution < 1.29 is 9.90 Å². The van der Waals surface area contributed by atoms with E-state index in [1.807, 2.05) is 0 Å². The summed E-state index contributed by atoms with van der Waals surface area (Å²) in [6.07, 6.45) is 11.4. The van der Waals surface area contributed by atoms with Gasteiger partial charge in [0.05, 0.1) is 0 Å². The van der Waals surface area contributed by atoms with Crippen LogP contribution in [0.2, 0.25) is 13.3 Å². The molecule has 3 heteroatoms. The third-order valence-corrected chi connectivity index (χ3v) is 12.0. The molecule has 2 nitrogen and oxygen atoms in total. The van der Waals surface area contributed by atoms with E-state index >= 15 is 0 Å². The van der Waals surface area contributed by atoms with Crippen LogP contribution in [0.25, 0.3) is 0 Å². The number of rotatable bonds is 10. The summed E-state index contributed by atoms with van der Waals surface area (Å²) < 4.78 is 5.04. The third kappa shape index (κ3) is 20.5. The second-order valence-corrected chi connectivity index (χ2v) is 13.5. The number of unbranched alkanes of at least 4 members (excludes halogenated alkanes) is 3. The minimum atomic E-state index is -0.891. The number of hydrogen-bond donors (Lipinski definition) is 1. The summed E-state index contributed by atoms with van der Waals surface area (Å²) in [5.41, 5.74) is 0. The van der Waals surface area contributed by atoms with E-state index < -0.39 is 25.7 Å². The molecule has 1 radical (unpaired) electrons. The van der Waals surface area contributed by atoms with Crippen LogP contribution in [0.1, 0.15) is 66.2 Å². The molecule has 0 aromatic rings. The van der Waals surface area contributed by atoms with Gasteiger partial charge in [-0.05, 0) is 6.92 Å². The molecule has 19 heavy (non-hydrogen) atoms. The maximum absolute atomic E-state index is 9.51. The van der Waals surface area contributed by atoms with Crippen LogP contribution in [-0.2, 0) is 4.79 Å². The van der Waals surface area contributed by atoms with Crippen LogP contribution in [0, 0.1) is 0 Å². The predicted molar refractivity (Wildman–Crippen MR) is 87.3 cm³/mol. The molecule has 0 aromatic carbocycles. The summed E-state index contributed by atoms with van der Waals surface area (Å²) in [5, 5.41) is 7.83.